The fraction of sp³-hybridized carbons (Fsp3) is 0.111. The average Bonchev–Trinajstić information content (AvgIpc) is 2.64. The van der Waals surface area contributed by atoms with Crippen molar-refractivity contribution >= 4 is 23.3 Å². The Hall–Kier alpha value is -1.95. The quantitative estimate of drug-likeness (QED) is 0.849. The third-order valence-corrected chi connectivity index (χ3v) is 2.08. The predicted octanol–water partition coefficient (Wildman–Crippen LogP) is 1.12. The van der Waals surface area contributed by atoms with Crippen LogP contribution in [-0.2, 0) is 7.05 Å². The Morgan fingerprint density at radius 3 is 2.94 bits per heavy atom. The molecule has 0 fully saturated rings. The van der Waals surface area contributed by atoms with Crippen molar-refractivity contribution < 1.29 is 4.79 Å². The molecule has 1 amide bonds. The van der Waals surface area contributed by atoms with Crippen LogP contribution in [0.2, 0.25) is 5.15 Å². The van der Waals surface area contributed by atoms with Gasteiger partial charge in [0.1, 0.15) is 10.8 Å². The normalized spacial score (nSPS) is 10.1. The van der Waals surface area contributed by atoms with E-state index < -0.39 is 0 Å². The van der Waals surface area contributed by atoms with E-state index in [1.165, 1.54) is 17.1 Å². The van der Waals surface area contributed by atoms with Crippen LogP contribution in [0.25, 0.3) is 0 Å². The lowest BCUT2D eigenvalue weighted by Gasteiger charge is -2.03. The van der Waals surface area contributed by atoms with Gasteiger partial charge in [-0.15, -0.1) is 0 Å². The number of amides is 1. The minimum atomic E-state index is -0.309. The molecular weight excluding hydrogens is 230 g/mol. The Morgan fingerprint density at radius 2 is 2.31 bits per heavy atom. The topological polar surface area (TPSA) is 72.7 Å². The molecule has 0 bridgehead atoms. The van der Waals surface area contributed by atoms with Crippen LogP contribution in [0.1, 0.15) is 10.5 Å². The lowest BCUT2D eigenvalue weighted by Crippen LogP contribution is -2.16. The van der Waals surface area contributed by atoms with Crippen LogP contribution in [0.15, 0.2) is 24.7 Å². The number of hydrogen-bond donors (Lipinski definition) is 1. The molecule has 16 heavy (non-hydrogen) atoms. The van der Waals surface area contributed by atoms with Gasteiger partial charge in [-0.3, -0.25) is 14.5 Å². The van der Waals surface area contributed by atoms with Crippen LogP contribution in [-0.4, -0.2) is 25.7 Å². The SMILES string of the molecule is Cn1nccc1C(=O)Nc1cncc(Cl)n1. The molecule has 2 heterocycles. The van der Waals surface area contributed by atoms with Crippen molar-refractivity contribution in [3.05, 3.63) is 35.5 Å². The second-order valence-corrected chi connectivity index (χ2v) is 3.41. The fourth-order valence-electron chi connectivity index (χ4n) is 1.18. The average molecular weight is 238 g/mol. The van der Waals surface area contributed by atoms with Gasteiger partial charge in [-0.25, -0.2) is 4.98 Å². The van der Waals surface area contributed by atoms with Crippen molar-refractivity contribution in [1.29, 1.82) is 0 Å². The van der Waals surface area contributed by atoms with E-state index in [1.807, 2.05) is 0 Å². The summed E-state index contributed by atoms with van der Waals surface area (Å²) in [6, 6.07) is 1.60. The van der Waals surface area contributed by atoms with Gasteiger partial charge in [-0.05, 0) is 6.07 Å². The van der Waals surface area contributed by atoms with Gasteiger partial charge in [-0.2, -0.15) is 5.10 Å². The lowest BCUT2D eigenvalue weighted by molar-refractivity contribution is 0.101. The van der Waals surface area contributed by atoms with Gasteiger partial charge < -0.3 is 5.32 Å². The van der Waals surface area contributed by atoms with E-state index in [4.69, 9.17) is 11.6 Å². The Bertz CT molecular complexity index is 524. The lowest BCUT2D eigenvalue weighted by atomic mass is 10.4. The number of hydrogen-bond acceptors (Lipinski definition) is 4. The molecule has 0 saturated heterocycles. The number of rotatable bonds is 2. The summed E-state index contributed by atoms with van der Waals surface area (Å²) in [4.78, 5) is 19.4. The van der Waals surface area contributed by atoms with Crippen molar-refractivity contribution in [3.8, 4) is 0 Å². The van der Waals surface area contributed by atoms with Crippen LogP contribution in [0.5, 0.6) is 0 Å². The number of carbonyl (C=O) groups excluding carboxylic acids is 1. The van der Waals surface area contributed by atoms with Gasteiger partial charge in [0.2, 0.25) is 0 Å². The number of aryl methyl sites for hydroxylation is 1. The van der Waals surface area contributed by atoms with Crippen molar-refractivity contribution in [2.24, 2.45) is 7.05 Å². The van der Waals surface area contributed by atoms with Crippen molar-refractivity contribution in [1.82, 2.24) is 19.7 Å². The van der Waals surface area contributed by atoms with E-state index in [0.29, 0.717) is 11.5 Å². The summed E-state index contributed by atoms with van der Waals surface area (Å²) in [6.45, 7) is 0. The fourth-order valence-corrected chi connectivity index (χ4v) is 1.33. The summed E-state index contributed by atoms with van der Waals surface area (Å²) in [5, 5.41) is 6.68. The molecule has 0 aliphatic heterocycles. The van der Waals surface area contributed by atoms with Crippen molar-refractivity contribution in [2.75, 3.05) is 5.32 Å². The van der Waals surface area contributed by atoms with Gasteiger partial charge >= 0.3 is 0 Å². The summed E-state index contributed by atoms with van der Waals surface area (Å²) < 4.78 is 1.47. The van der Waals surface area contributed by atoms with Gasteiger partial charge in [0, 0.05) is 13.2 Å². The molecule has 0 aliphatic rings. The van der Waals surface area contributed by atoms with E-state index >= 15 is 0 Å². The van der Waals surface area contributed by atoms with Crippen LogP contribution < -0.4 is 5.32 Å². The van der Waals surface area contributed by atoms with Gasteiger partial charge in [0.25, 0.3) is 5.91 Å². The molecule has 2 rings (SSSR count). The van der Waals surface area contributed by atoms with E-state index in [1.54, 1.807) is 19.3 Å². The molecular formula is C9H8ClN5O. The van der Waals surface area contributed by atoms with Crippen LogP contribution in [0.4, 0.5) is 5.82 Å². The molecule has 82 valence electrons. The highest BCUT2D eigenvalue weighted by atomic mass is 35.5. The molecule has 0 spiro atoms. The summed E-state index contributed by atoms with van der Waals surface area (Å²) >= 11 is 5.64. The first-order valence-electron chi connectivity index (χ1n) is 4.44. The van der Waals surface area contributed by atoms with Crippen LogP contribution >= 0.6 is 11.6 Å². The zero-order valence-corrected chi connectivity index (χ0v) is 9.14. The largest absolute Gasteiger partial charge is 0.304 e. The summed E-state index contributed by atoms with van der Waals surface area (Å²) in [5.41, 5.74) is 0.432. The number of nitrogens with one attached hydrogen (secondary N) is 1. The first kappa shape index (κ1) is 10.6. The highest BCUT2D eigenvalue weighted by molar-refractivity contribution is 6.29. The maximum absolute atomic E-state index is 11.7. The number of halogens is 1. The molecule has 0 atom stereocenters. The highest BCUT2D eigenvalue weighted by Gasteiger charge is 2.10. The number of carbonyl (C=O) groups is 1. The minimum Gasteiger partial charge on any atom is -0.304 e. The maximum Gasteiger partial charge on any atom is 0.275 e. The Balaban J connectivity index is 2.17. The Labute approximate surface area is 96.3 Å². The molecule has 0 unspecified atom stereocenters. The minimum absolute atomic E-state index is 0.225. The Morgan fingerprint density at radius 1 is 1.50 bits per heavy atom. The van der Waals surface area contributed by atoms with Crippen molar-refractivity contribution in [3.63, 3.8) is 0 Å². The number of aromatic nitrogens is 4. The zero-order chi connectivity index (χ0) is 11.5. The first-order chi connectivity index (χ1) is 7.66. The molecule has 0 radical (unpaired) electrons. The molecule has 6 nitrogen and oxygen atoms in total. The standard InChI is InChI=1S/C9H8ClN5O/c1-15-6(2-3-12-15)9(16)14-8-5-11-4-7(10)13-8/h2-5H,1H3,(H,13,14,16). The summed E-state index contributed by atoms with van der Waals surface area (Å²) in [7, 11) is 1.68. The molecule has 0 aliphatic carbocycles. The highest BCUT2D eigenvalue weighted by Crippen LogP contribution is 2.08. The molecule has 1 N–H and O–H groups in total. The monoisotopic (exact) mass is 237 g/mol. The Kier molecular flexibility index (Phi) is 2.82. The van der Waals surface area contributed by atoms with Gasteiger partial charge in [-0.1, -0.05) is 11.6 Å². The molecule has 7 heteroatoms. The maximum atomic E-state index is 11.7. The van der Waals surface area contributed by atoms with Gasteiger partial charge in [0.05, 0.1) is 12.4 Å². The number of nitrogens with zero attached hydrogens (tertiary/aromatic N) is 4. The predicted molar refractivity (Wildman–Crippen MR) is 58.2 cm³/mol. The van der Waals surface area contributed by atoms with E-state index in [9.17, 15) is 4.79 Å². The molecule has 2 aromatic rings. The van der Waals surface area contributed by atoms with Crippen LogP contribution in [0, 0.1) is 0 Å². The van der Waals surface area contributed by atoms with E-state index in [2.05, 4.69) is 20.4 Å². The zero-order valence-electron chi connectivity index (χ0n) is 8.38. The first-order valence-corrected chi connectivity index (χ1v) is 4.81. The second-order valence-electron chi connectivity index (χ2n) is 3.02. The summed E-state index contributed by atoms with van der Waals surface area (Å²) in [6.07, 6.45) is 4.35. The second kappa shape index (κ2) is 4.28. The van der Waals surface area contributed by atoms with Gasteiger partial charge in [0.15, 0.2) is 5.82 Å². The van der Waals surface area contributed by atoms with Crippen LogP contribution in [0.3, 0.4) is 0 Å². The van der Waals surface area contributed by atoms with E-state index in [0.717, 1.165) is 0 Å². The molecule has 2 aromatic heterocycles. The van der Waals surface area contributed by atoms with Crippen molar-refractivity contribution in [2.45, 2.75) is 0 Å². The summed E-state index contributed by atoms with van der Waals surface area (Å²) in [5.74, 6) is -0.00438. The molecule has 0 aromatic carbocycles. The third kappa shape index (κ3) is 2.17. The van der Waals surface area contributed by atoms with E-state index in [-0.39, 0.29) is 11.1 Å². The smallest absolute Gasteiger partial charge is 0.275 e. The molecule has 0 saturated carbocycles. The number of anilines is 1. The third-order valence-electron chi connectivity index (χ3n) is 1.90.